The van der Waals surface area contributed by atoms with Gasteiger partial charge < -0.3 is 11.5 Å². The van der Waals surface area contributed by atoms with Crippen molar-refractivity contribution in [2.75, 3.05) is 11.5 Å². The molecule has 0 unspecified atom stereocenters. The maximum absolute atomic E-state index is 6.13. The van der Waals surface area contributed by atoms with E-state index in [0.29, 0.717) is 0 Å². The molecule has 0 radical (unpaired) electrons. The monoisotopic (exact) mass is 190 g/mol. The molecule has 1 aliphatic carbocycles. The molecule has 2 rings (SSSR count). The lowest BCUT2D eigenvalue weighted by molar-refractivity contribution is 0.523. The zero-order valence-electron chi connectivity index (χ0n) is 9.15. The van der Waals surface area contributed by atoms with Crippen LogP contribution in [-0.2, 0) is 11.8 Å². The minimum atomic E-state index is 0.220. The van der Waals surface area contributed by atoms with E-state index in [9.17, 15) is 0 Å². The van der Waals surface area contributed by atoms with Crippen molar-refractivity contribution in [3.8, 4) is 0 Å². The Morgan fingerprint density at radius 1 is 1.29 bits per heavy atom. The molecule has 1 aliphatic rings. The highest BCUT2D eigenvalue weighted by Crippen LogP contribution is 2.44. The van der Waals surface area contributed by atoms with Crippen molar-refractivity contribution in [3.63, 3.8) is 0 Å². The van der Waals surface area contributed by atoms with Gasteiger partial charge in [-0.1, -0.05) is 13.8 Å². The summed E-state index contributed by atoms with van der Waals surface area (Å²) in [6, 6.07) is 2.09. The molecule has 1 aromatic rings. The van der Waals surface area contributed by atoms with E-state index < -0.39 is 0 Å². The van der Waals surface area contributed by atoms with Crippen LogP contribution in [0.25, 0.3) is 0 Å². The Balaban J connectivity index is 2.73. The molecule has 0 heterocycles. The molecule has 1 aromatic carbocycles. The summed E-state index contributed by atoms with van der Waals surface area (Å²) in [6.45, 7) is 6.51. The van der Waals surface area contributed by atoms with Gasteiger partial charge in [-0.15, -0.1) is 0 Å². The summed E-state index contributed by atoms with van der Waals surface area (Å²) in [7, 11) is 0. The number of benzene rings is 1. The second-order valence-corrected chi connectivity index (χ2v) is 4.92. The second kappa shape index (κ2) is 2.66. The molecule has 0 saturated carbocycles. The number of anilines is 2. The van der Waals surface area contributed by atoms with E-state index in [1.165, 1.54) is 17.5 Å². The molecule has 2 heteroatoms. The van der Waals surface area contributed by atoms with Crippen molar-refractivity contribution in [1.82, 2.24) is 0 Å². The zero-order valence-corrected chi connectivity index (χ0v) is 9.15. The minimum Gasteiger partial charge on any atom is -0.398 e. The van der Waals surface area contributed by atoms with Crippen LogP contribution in [-0.4, -0.2) is 0 Å². The molecular weight excluding hydrogens is 172 g/mol. The van der Waals surface area contributed by atoms with Crippen molar-refractivity contribution in [3.05, 3.63) is 22.8 Å². The Hall–Kier alpha value is -1.18. The fourth-order valence-electron chi connectivity index (χ4n) is 2.45. The van der Waals surface area contributed by atoms with Gasteiger partial charge in [0.2, 0.25) is 0 Å². The average molecular weight is 190 g/mol. The van der Waals surface area contributed by atoms with Crippen molar-refractivity contribution in [1.29, 1.82) is 0 Å². The lowest BCUT2D eigenvalue weighted by Crippen LogP contribution is -2.15. The smallest absolute Gasteiger partial charge is 0.0405 e. The van der Waals surface area contributed by atoms with Crippen LogP contribution in [0.4, 0.5) is 11.4 Å². The van der Waals surface area contributed by atoms with Gasteiger partial charge in [-0.25, -0.2) is 0 Å². The Kier molecular flexibility index (Phi) is 1.78. The molecule has 0 amide bonds. The molecule has 0 fully saturated rings. The molecule has 0 bridgehead atoms. The first kappa shape index (κ1) is 9.38. The van der Waals surface area contributed by atoms with E-state index in [1.807, 2.05) is 6.92 Å². The molecule has 14 heavy (non-hydrogen) atoms. The molecule has 0 aromatic heterocycles. The second-order valence-electron chi connectivity index (χ2n) is 4.92. The molecular formula is C12H18N2. The van der Waals surface area contributed by atoms with Gasteiger partial charge in [-0.05, 0) is 47.9 Å². The van der Waals surface area contributed by atoms with Gasteiger partial charge in [-0.2, -0.15) is 0 Å². The van der Waals surface area contributed by atoms with E-state index in [-0.39, 0.29) is 5.41 Å². The van der Waals surface area contributed by atoms with Crippen LogP contribution in [0.3, 0.4) is 0 Å². The number of fused-ring (bicyclic) bond motifs is 1. The van der Waals surface area contributed by atoms with Gasteiger partial charge >= 0.3 is 0 Å². The highest BCUT2D eigenvalue weighted by molar-refractivity contribution is 5.70. The molecule has 0 saturated heterocycles. The molecule has 4 N–H and O–H groups in total. The lowest BCUT2D eigenvalue weighted by atomic mass is 9.84. The largest absolute Gasteiger partial charge is 0.398 e. The maximum atomic E-state index is 6.13. The highest BCUT2D eigenvalue weighted by Gasteiger charge is 2.32. The topological polar surface area (TPSA) is 52.0 Å². The fourth-order valence-corrected chi connectivity index (χ4v) is 2.45. The fraction of sp³-hybridized carbons (Fsp3) is 0.500. The van der Waals surface area contributed by atoms with Gasteiger partial charge in [0.15, 0.2) is 0 Å². The Labute approximate surface area is 85.3 Å². The van der Waals surface area contributed by atoms with Crippen molar-refractivity contribution in [2.24, 2.45) is 0 Å². The first-order chi connectivity index (χ1) is 6.43. The summed E-state index contributed by atoms with van der Waals surface area (Å²) >= 11 is 0. The summed E-state index contributed by atoms with van der Waals surface area (Å²) in [5, 5.41) is 0. The van der Waals surface area contributed by atoms with E-state index in [1.54, 1.807) is 0 Å². The molecule has 76 valence electrons. The van der Waals surface area contributed by atoms with E-state index in [0.717, 1.165) is 23.4 Å². The number of rotatable bonds is 0. The Morgan fingerprint density at radius 2 is 1.93 bits per heavy atom. The summed E-state index contributed by atoms with van der Waals surface area (Å²) in [5.41, 5.74) is 17.7. The first-order valence-corrected chi connectivity index (χ1v) is 5.11. The van der Waals surface area contributed by atoms with Crippen LogP contribution in [0.1, 0.15) is 37.0 Å². The number of nitrogens with two attached hydrogens (primary N) is 2. The number of hydrogen-bond donors (Lipinski definition) is 2. The van der Waals surface area contributed by atoms with Crippen LogP contribution in [0.2, 0.25) is 0 Å². The van der Waals surface area contributed by atoms with E-state index >= 15 is 0 Å². The number of hydrogen-bond acceptors (Lipinski definition) is 2. The SMILES string of the molecule is Cc1c(N)cc2c(c1N)C(C)(C)CC2. The minimum absolute atomic E-state index is 0.220. The van der Waals surface area contributed by atoms with Gasteiger partial charge in [0, 0.05) is 11.4 Å². The summed E-state index contributed by atoms with van der Waals surface area (Å²) in [6.07, 6.45) is 2.28. The van der Waals surface area contributed by atoms with Crippen molar-refractivity contribution >= 4 is 11.4 Å². The van der Waals surface area contributed by atoms with E-state index in [4.69, 9.17) is 11.5 Å². The normalized spacial score (nSPS) is 18.2. The quantitative estimate of drug-likeness (QED) is 0.617. The Bertz CT molecular complexity index is 392. The summed E-state index contributed by atoms with van der Waals surface area (Å²) in [4.78, 5) is 0. The molecule has 0 aliphatic heterocycles. The third-order valence-electron chi connectivity index (χ3n) is 3.45. The summed E-state index contributed by atoms with van der Waals surface area (Å²) in [5.74, 6) is 0. The zero-order chi connectivity index (χ0) is 10.5. The molecule has 0 atom stereocenters. The predicted octanol–water partition coefficient (Wildman–Crippen LogP) is 2.38. The summed E-state index contributed by atoms with van der Waals surface area (Å²) < 4.78 is 0. The number of nitrogen functional groups attached to an aromatic ring is 2. The predicted molar refractivity (Wildman–Crippen MR) is 61.4 cm³/mol. The van der Waals surface area contributed by atoms with Gasteiger partial charge in [-0.3, -0.25) is 0 Å². The highest BCUT2D eigenvalue weighted by atomic mass is 14.6. The van der Waals surface area contributed by atoms with Crippen LogP contribution in [0.5, 0.6) is 0 Å². The van der Waals surface area contributed by atoms with Crippen LogP contribution in [0.15, 0.2) is 6.07 Å². The van der Waals surface area contributed by atoms with Crippen molar-refractivity contribution < 1.29 is 0 Å². The average Bonchev–Trinajstić information content (AvgIpc) is 2.38. The maximum Gasteiger partial charge on any atom is 0.0405 e. The van der Waals surface area contributed by atoms with Crippen LogP contribution >= 0.6 is 0 Å². The molecule has 0 spiro atoms. The first-order valence-electron chi connectivity index (χ1n) is 5.11. The third kappa shape index (κ3) is 1.10. The number of aryl methyl sites for hydroxylation is 1. The third-order valence-corrected chi connectivity index (χ3v) is 3.45. The molecule has 2 nitrogen and oxygen atoms in total. The standard InChI is InChI=1S/C12H18N2/c1-7-9(13)6-8-4-5-12(2,3)10(8)11(7)14/h6H,4-5,13-14H2,1-3H3. The van der Waals surface area contributed by atoms with Gasteiger partial charge in [0.1, 0.15) is 0 Å². The van der Waals surface area contributed by atoms with Gasteiger partial charge in [0.25, 0.3) is 0 Å². The lowest BCUT2D eigenvalue weighted by Gasteiger charge is -2.22. The van der Waals surface area contributed by atoms with Gasteiger partial charge in [0.05, 0.1) is 0 Å². The Morgan fingerprint density at radius 3 is 2.57 bits per heavy atom. The van der Waals surface area contributed by atoms with Crippen LogP contribution < -0.4 is 11.5 Å². The van der Waals surface area contributed by atoms with Crippen LogP contribution in [0, 0.1) is 6.92 Å². The van der Waals surface area contributed by atoms with Crippen molar-refractivity contribution in [2.45, 2.75) is 39.0 Å². The van der Waals surface area contributed by atoms with E-state index in [2.05, 4.69) is 19.9 Å².